The lowest BCUT2D eigenvalue weighted by molar-refractivity contribution is 0.0600. The zero-order valence-corrected chi connectivity index (χ0v) is 7.47. The first-order chi connectivity index (χ1) is 5.63. The van der Waals surface area contributed by atoms with Crippen molar-refractivity contribution in [2.24, 2.45) is 0 Å². The Morgan fingerprint density at radius 1 is 1.50 bits per heavy atom. The van der Waals surface area contributed by atoms with Crippen LogP contribution in [0.5, 0.6) is 0 Å². The Morgan fingerprint density at radius 2 is 2.17 bits per heavy atom. The summed E-state index contributed by atoms with van der Waals surface area (Å²) in [5.74, 6) is -0.405. The molecular formula is C8H9NO2S. The molecule has 64 valence electrons. The van der Waals surface area contributed by atoms with Crippen LogP contribution in [0.2, 0.25) is 0 Å². The molecule has 0 saturated carbocycles. The van der Waals surface area contributed by atoms with E-state index in [-0.39, 0.29) is 0 Å². The number of anilines is 1. The Kier molecular flexibility index (Phi) is 2.60. The van der Waals surface area contributed by atoms with Gasteiger partial charge in [-0.25, -0.2) is 4.79 Å². The average molecular weight is 183 g/mol. The van der Waals surface area contributed by atoms with Crippen LogP contribution in [0.1, 0.15) is 10.4 Å². The molecular weight excluding hydrogens is 174 g/mol. The van der Waals surface area contributed by atoms with E-state index in [9.17, 15) is 4.79 Å². The summed E-state index contributed by atoms with van der Waals surface area (Å²) in [5, 5.41) is 0. The van der Waals surface area contributed by atoms with Gasteiger partial charge in [0.05, 0.1) is 12.7 Å². The third-order valence-electron chi connectivity index (χ3n) is 1.36. The van der Waals surface area contributed by atoms with Gasteiger partial charge >= 0.3 is 5.97 Å². The molecule has 0 radical (unpaired) electrons. The number of hydrogen-bond acceptors (Lipinski definition) is 4. The first-order valence-electron chi connectivity index (χ1n) is 3.31. The van der Waals surface area contributed by atoms with Crippen LogP contribution in [0.25, 0.3) is 0 Å². The van der Waals surface area contributed by atoms with Gasteiger partial charge in [-0.05, 0) is 18.2 Å². The Labute approximate surface area is 75.9 Å². The van der Waals surface area contributed by atoms with Crippen molar-refractivity contribution in [1.82, 2.24) is 0 Å². The molecule has 0 saturated heterocycles. The van der Waals surface area contributed by atoms with Gasteiger partial charge in [-0.15, -0.1) is 12.6 Å². The third kappa shape index (κ3) is 1.92. The fourth-order valence-electron chi connectivity index (χ4n) is 0.870. The van der Waals surface area contributed by atoms with E-state index in [2.05, 4.69) is 17.4 Å². The van der Waals surface area contributed by atoms with Gasteiger partial charge in [0.1, 0.15) is 0 Å². The normalized spacial score (nSPS) is 9.50. The van der Waals surface area contributed by atoms with Crippen molar-refractivity contribution < 1.29 is 9.53 Å². The highest BCUT2D eigenvalue weighted by molar-refractivity contribution is 7.80. The standard InChI is InChI=1S/C8H9NO2S/c1-11-8(10)5-2-6(9)4-7(12)3-5/h2-4,12H,9H2,1H3. The highest BCUT2D eigenvalue weighted by Crippen LogP contribution is 2.15. The van der Waals surface area contributed by atoms with Gasteiger partial charge < -0.3 is 10.5 Å². The second-order valence-electron chi connectivity index (χ2n) is 2.30. The van der Waals surface area contributed by atoms with Crippen molar-refractivity contribution >= 4 is 24.3 Å². The number of esters is 1. The quantitative estimate of drug-likeness (QED) is 0.392. The monoisotopic (exact) mass is 183 g/mol. The maximum Gasteiger partial charge on any atom is 0.337 e. The van der Waals surface area contributed by atoms with E-state index in [1.807, 2.05) is 0 Å². The van der Waals surface area contributed by atoms with Crippen LogP contribution in [-0.4, -0.2) is 13.1 Å². The minimum Gasteiger partial charge on any atom is -0.465 e. The molecule has 0 aliphatic carbocycles. The predicted molar refractivity (Wildman–Crippen MR) is 49.4 cm³/mol. The molecule has 12 heavy (non-hydrogen) atoms. The van der Waals surface area contributed by atoms with Crippen molar-refractivity contribution in [1.29, 1.82) is 0 Å². The summed E-state index contributed by atoms with van der Waals surface area (Å²) in [7, 11) is 1.32. The van der Waals surface area contributed by atoms with Gasteiger partial charge in [0.15, 0.2) is 0 Å². The fraction of sp³-hybridized carbons (Fsp3) is 0.125. The molecule has 4 heteroatoms. The summed E-state index contributed by atoms with van der Waals surface area (Å²) in [6, 6.07) is 4.81. The lowest BCUT2D eigenvalue weighted by Gasteiger charge is -2.01. The van der Waals surface area contributed by atoms with Gasteiger partial charge in [-0.3, -0.25) is 0 Å². The second-order valence-corrected chi connectivity index (χ2v) is 2.82. The van der Waals surface area contributed by atoms with Crippen molar-refractivity contribution in [3.8, 4) is 0 Å². The maximum atomic E-state index is 11.0. The highest BCUT2D eigenvalue weighted by Gasteiger charge is 2.05. The van der Waals surface area contributed by atoms with Crippen molar-refractivity contribution in [3.63, 3.8) is 0 Å². The average Bonchev–Trinajstić information content (AvgIpc) is 2.01. The minimum absolute atomic E-state index is 0.405. The largest absolute Gasteiger partial charge is 0.465 e. The molecule has 1 aromatic rings. The molecule has 2 N–H and O–H groups in total. The zero-order valence-electron chi connectivity index (χ0n) is 6.57. The number of thiol groups is 1. The van der Waals surface area contributed by atoms with Crippen LogP contribution in [-0.2, 0) is 4.74 Å². The minimum atomic E-state index is -0.405. The third-order valence-corrected chi connectivity index (χ3v) is 1.62. The van der Waals surface area contributed by atoms with Crippen LogP contribution in [0, 0.1) is 0 Å². The summed E-state index contributed by atoms with van der Waals surface area (Å²) >= 11 is 4.07. The van der Waals surface area contributed by atoms with E-state index in [1.165, 1.54) is 7.11 Å². The molecule has 1 rings (SSSR count). The lowest BCUT2D eigenvalue weighted by Crippen LogP contribution is -2.01. The highest BCUT2D eigenvalue weighted by atomic mass is 32.1. The van der Waals surface area contributed by atoms with Crippen LogP contribution < -0.4 is 5.73 Å². The smallest absolute Gasteiger partial charge is 0.337 e. The number of hydrogen-bond donors (Lipinski definition) is 2. The van der Waals surface area contributed by atoms with Gasteiger partial charge in [0, 0.05) is 10.6 Å². The lowest BCUT2D eigenvalue weighted by atomic mass is 10.2. The van der Waals surface area contributed by atoms with E-state index in [0.29, 0.717) is 16.1 Å². The summed E-state index contributed by atoms with van der Waals surface area (Å²) in [5.41, 5.74) is 6.42. The van der Waals surface area contributed by atoms with Crippen molar-refractivity contribution in [2.75, 3.05) is 12.8 Å². The van der Waals surface area contributed by atoms with Crippen LogP contribution in [0.3, 0.4) is 0 Å². The van der Waals surface area contributed by atoms with Gasteiger partial charge in [-0.1, -0.05) is 0 Å². The number of nitrogen functional groups attached to an aromatic ring is 1. The number of benzene rings is 1. The molecule has 0 aliphatic rings. The first kappa shape index (κ1) is 8.93. The van der Waals surface area contributed by atoms with Gasteiger partial charge in [-0.2, -0.15) is 0 Å². The number of ether oxygens (including phenoxy) is 1. The number of carbonyl (C=O) groups excluding carboxylic acids is 1. The molecule has 0 fully saturated rings. The molecule has 0 unspecified atom stereocenters. The van der Waals surface area contributed by atoms with E-state index in [4.69, 9.17) is 5.73 Å². The number of rotatable bonds is 1. The fourth-order valence-corrected chi connectivity index (χ4v) is 1.16. The molecule has 0 aliphatic heterocycles. The molecule has 0 amide bonds. The van der Waals surface area contributed by atoms with E-state index < -0.39 is 5.97 Å². The summed E-state index contributed by atoms with van der Waals surface area (Å²) in [6.45, 7) is 0. The molecule has 0 spiro atoms. The van der Waals surface area contributed by atoms with Crippen molar-refractivity contribution in [3.05, 3.63) is 23.8 Å². The molecule has 1 aromatic carbocycles. The zero-order chi connectivity index (χ0) is 9.14. The number of carbonyl (C=O) groups is 1. The Morgan fingerprint density at radius 3 is 2.67 bits per heavy atom. The predicted octanol–water partition coefficient (Wildman–Crippen LogP) is 1.34. The van der Waals surface area contributed by atoms with Gasteiger partial charge in [0.25, 0.3) is 0 Å². The Balaban J connectivity index is 3.08. The summed E-state index contributed by atoms with van der Waals surface area (Å²) in [4.78, 5) is 11.7. The molecule has 0 atom stereocenters. The molecule has 0 bridgehead atoms. The van der Waals surface area contributed by atoms with E-state index in [1.54, 1.807) is 18.2 Å². The number of methoxy groups -OCH3 is 1. The van der Waals surface area contributed by atoms with Gasteiger partial charge in [0.2, 0.25) is 0 Å². The Hall–Kier alpha value is -1.16. The first-order valence-corrected chi connectivity index (χ1v) is 3.76. The summed E-state index contributed by atoms with van der Waals surface area (Å²) in [6.07, 6.45) is 0. The van der Waals surface area contributed by atoms with E-state index in [0.717, 1.165) is 0 Å². The SMILES string of the molecule is COC(=O)c1cc(N)cc(S)c1. The van der Waals surface area contributed by atoms with Crippen molar-refractivity contribution in [2.45, 2.75) is 4.90 Å². The Bertz CT molecular complexity index is 292. The molecule has 0 heterocycles. The molecule has 0 aromatic heterocycles. The summed E-state index contributed by atoms with van der Waals surface area (Å²) < 4.78 is 4.52. The maximum absolute atomic E-state index is 11.0. The van der Waals surface area contributed by atoms with E-state index >= 15 is 0 Å². The number of nitrogens with two attached hydrogens (primary N) is 1. The van der Waals surface area contributed by atoms with Crippen LogP contribution in [0.15, 0.2) is 23.1 Å². The van der Waals surface area contributed by atoms with Crippen LogP contribution in [0.4, 0.5) is 5.69 Å². The molecule has 3 nitrogen and oxygen atoms in total. The topological polar surface area (TPSA) is 52.3 Å². The van der Waals surface area contributed by atoms with Crippen LogP contribution >= 0.6 is 12.6 Å². The second kappa shape index (κ2) is 3.49.